The van der Waals surface area contributed by atoms with Crippen LogP contribution in [0.15, 0.2) is 42.5 Å². The van der Waals surface area contributed by atoms with E-state index in [1.54, 1.807) is 23.3 Å². The summed E-state index contributed by atoms with van der Waals surface area (Å²) in [4.78, 5) is 40.5. The van der Waals surface area contributed by atoms with Crippen molar-refractivity contribution < 1.29 is 24.2 Å². The van der Waals surface area contributed by atoms with Gasteiger partial charge in [0, 0.05) is 40.5 Å². The lowest BCUT2D eigenvalue weighted by molar-refractivity contribution is -0.142. The second kappa shape index (κ2) is 11.2. The average molecular weight is 547 g/mol. The molecule has 8 heteroatoms. The molecule has 0 spiro atoms. The van der Waals surface area contributed by atoms with Gasteiger partial charge in [-0.3, -0.25) is 14.4 Å². The van der Waals surface area contributed by atoms with Crippen LogP contribution in [-0.2, 0) is 16.0 Å². The molecule has 1 saturated carbocycles. The summed E-state index contributed by atoms with van der Waals surface area (Å²) in [5.41, 5.74) is 5.76. The number of aryl methyl sites for hydroxylation is 2. The van der Waals surface area contributed by atoms with Crippen molar-refractivity contribution in [3.8, 4) is 16.9 Å². The molecule has 1 saturated heterocycles. The van der Waals surface area contributed by atoms with Crippen LogP contribution >= 0.6 is 11.3 Å². The van der Waals surface area contributed by atoms with Crippen molar-refractivity contribution in [2.45, 2.75) is 58.4 Å². The Morgan fingerprint density at radius 2 is 1.74 bits per heavy atom. The van der Waals surface area contributed by atoms with Crippen LogP contribution in [0, 0.1) is 19.8 Å². The summed E-state index contributed by atoms with van der Waals surface area (Å²) in [7, 11) is 1.63. The van der Waals surface area contributed by atoms with Crippen LogP contribution in [-0.4, -0.2) is 42.6 Å². The first-order valence-corrected chi connectivity index (χ1v) is 14.3. The molecule has 2 N–H and O–H groups in total. The Morgan fingerprint density at radius 3 is 2.33 bits per heavy atom. The van der Waals surface area contributed by atoms with Crippen LogP contribution in [0.3, 0.4) is 0 Å². The van der Waals surface area contributed by atoms with E-state index in [4.69, 9.17) is 4.74 Å². The fourth-order valence-electron chi connectivity index (χ4n) is 5.61. The minimum absolute atomic E-state index is 0.0131. The van der Waals surface area contributed by atoms with Gasteiger partial charge < -0.3 is 20.1 Å². The molecule has 0 bridgehead atoms. The Hall–Kier alpha value is -3.65. The first kappa shape index (κ1) is 26.9. The fourth-order valence-corrected chi connectivity index (χ4v) is 6.69. The largest absolute Gasteiger partial charge is 0.497 e. The molecule has 2 aliphatic rings. The van der Waals surface area contributed by atoms with Crippen molar-refractivity contribution in [1.29, 1.82) is 0 Å². The van der Waals surface area contributed by atoms with Gasteiger partial charge in [0.2, 0.25) is 5.91 Å². The highest BCUT2D eigenvalue weighted by atomic mass is 32.1. The SMILES string of the molecule is COc1cc(-c2ccc(Cc3c(C)sc(C)c3C(=O)NC3CCC(C(=O)O)CC3)cc2)cc(N2CCC2=O)c1. The molecule has 3 aromatic rings. The summed E-state index contributed by atoms with van der Waals surface area (Å²) < 4.78 is 5.49. The third kappa shape index (κ3) is 5.71. The lowest BCUT2D eigenvalue weighted by Gasteiger charge is -2.31. The molecule has 5 rings (SSSR count). The number of β-lactam (4-membered cyclic amide) rings is 1. The Morgan fingerprint density at radius 1 is 1.03 bits per heavy atom. The minimum Gasteiger partial charge on any atom is -0.497 e. The van der Waals surface area contributed by atoms with Crippen LogP contribution < -0.4 is 15.0 Å². The zero-order valence-electron chi connectivity index (χ0n) is 22.6. The van der Waals surface area contributed by atoms with Crippen molar-refractivity contribution in [3.63, 3.8) is 0 Å². The van der Waals surface area contributed by atoms with Gasteiger partial charge in [0.1, 0.15) is 5.75 Å². The number of hydrogen-bond donors (Lipinski definition) is 2. The number of aliphatic carboxylic acids is 1. The van der Waals surface area contributed by atoms with Crippen LogP contribution in [0.2, 0.25) is 0 Å². The second-order valence-electron chi connectivity index (χ2n) is 10.5. The van der Waals surface area contributed by atoms with E-state index in [-0.39, 0.29) is 23.8 Å². The third-order valence-electron chi connectivity index (χ3n) is 7.98. The van der Waals surface area contributed by atoms with E-state index in [0.717, 1.165) is 49.8 Å². The quantitative estimate of drug-likeness (QED) is 0.351. The van der Waals surface area contributed by atoms with Crippen LogP contribution in [0.5, 0.6) is 5.75 Å². The standard InChI is InChI=1S/C31H34N2O5S/c1-18-27(29(19(2)39-18)30(35)32-24-10-8-22(9-11-24)31(36)37)14-20-4-6-21(7-5-20)23-15-25(17-26(16-23)38-3)33-13-12-28(33)34/h4-7,15-17,22,24H,8-14H2,1-3H3,(H,32,35)(H,36,37). The smallest absolute Gasteiger partial charge is 0.306 e. The molecule has 0 atom stereocenters. The van der Waals surface area contributed by atoms with E-state index in [1.165, 1.54) is 0 Å². The molecule has 0 unspecified atom stereocenters. The second-order valence-corrected chi connectivity index (χ2v) is 11.9. The summed E-state index contributed by atoms with van der Waals surface area (Å²) in [6.45, 7) is 4.78. The molecule has 2 amide bonds. The molecular formula is C31H34N2O5S. The van der Waals surface area contributed by atoms with Gasteiger partial charge in [0.05, 0.1) is 18.6 Å². The highest BCUT2D eigenvalue weighted by Crippen LogP contribution is 2.34. The van der Waals surface area contributed by atoms with Gasteiger partial charge in [-0.1, -0.05) is 24.3 Å². The normalized spacial score (nSPS) is 18.9. The van der Waals surface area contributed by atoms with E-state index in [9.17, 15) is 19.5 Å². The molecule has 2 fully saturated rings. The molecule has 0 radical (unpaired) electrons. The number of nitrogens with zero attached hydrogens (tertiary/aromatic N) is 1. The van der Waals surface area contributed by atoms with Crippen molar-refractivity contribution in [1.82, 2.24) is 5.32 Å². The topological polar surface area (TPSA) is 95.9 Å². The summed E-state index contributed by atoms with van der Waals surface area (Å²) in [6.07, 6.45) is 3.82. The number of carboxylic acid groups (broad SMARTS) is 1. The number of thiophene rings is 1. The molecule has 7 nitrogen and oxygen atoms in total. The first-order valence-electron chi connectivity index (χ1n) is 13.4. The van der Waals surface area contributed by atoms with Crippen LogP contribution in [0.4, 0.5) is 5.69 Å². The van der Waals surface area contributed by atoms with Gasteiger partial charge in [-0.15, -0.1) is 11.3 Å². The molecule has 1 aliphatic carbocycles. The summed E-state index contributed by atoms with van der Waals surface area (Å²) >= 11 is 1.64. The van der Waals surface area contributed by atoms with Gasteiger partial charge in [0.15, 0.2) is 0 Å². The van der Waals surface area contributed by atoms with Crippen LogP contribution in [0.25, 0.3) is 11.1 Å². The number of nitrogens with one attached hydrogen (secondary N) is 1. The number of carbonyl (C=O) groups excluding carboxylic acids is 2. The Labute approximate surface area is 232 Å². The Kier molecular flexibility index (Phi) is 7.75. The number of methoxy groups -OCH3 is 1. The van der Waals surface area contributed by atoms with Crippen molar-refractivity contribution in [2.75, 3.05) is 18.6 Å². The Balaban J connectivity index is 1.32. The summed E-state index contributed by atoms with van der Waals surface area (Å²) in [5.74, 6) is -0.271. The van der Waals surface area contributed by atoms with Crippen molar-refractivity contribution >= 4 is 34.8 Å². The molecule has 1 aromatic heterocycles. The van der Waals surface area contributed by atoms with Crippen molar-refractivity contribution in [2.24, 2.45) is 5.92 Å². The molecule has 39 heavy (non-hydrogen) atoms. The number of carbonyl (C=O) groups is 3. The maximum Gasteiger partial charge on any atom is 0.306 e. The lowest BCUT2D eigenvalue weighted by atomic mass is 9.86. The van der Waals surface area contributed by atoms with E-state index >= 15 is 0 Å². The molecule has 2 aromatic carbocycles. The number of hydrogen-bond acceptors (Lipinski definition) is 5. The summed E-state index contributed by atoms with van der Waals surface area (Å²) in [5, 5.41) is 12.4. The predicted molar refractivity (Wildman–Crippen MR) is 153 cm³/mol. The number of amides is 2. The number of anilines is 1. The maximum atomic E-state index is 13.4. The maximum absolute atomic E-state index is 13.4. The van der Waals surface area contributed by atoms with Crippen LogP contribution in [0.1, 0.15) is 63.3 Å². The molecular weight excluding hydrogens is 512 g/mol. The Bertz CT molecular complexity index is 1400. The third-order valence-corrected chi connectivity index (χ3v) is 9.04. The molecule has 2 heterocycles. The van der Waals surface area contributed by atoms with E-state index in [0.29, 0.717) is 44.3 Å². The zero-order chi connectivity index (χ0) is 27.7. The van der Waals surface area contributed by atoms with E-state index in [1.807, 2.05) is 25.1 Å². The minimum atomic E-state index is -0.740. The lowest BCUT2D eigenvalue weighted by Crippen LogP contribution is -2.43. The predicted octanol–water partition coefficient (Wildman–Crippen LogP) is 5.74. The fraction of sp³-hybridized carbons (Fsp3) is 0.387. The first-order chi connectivity index (χ1) is 18.7. The van der Waals surface area contributed by atoms with E-state index in [2.05, 4.69) is 36.5 Å². The average Bonchev–Trinajstić information content (AvgIpc) is 3.20. The van der Waals surface area contributed by atoms with Gasteiger partial charge in [-0.2, -0.15) is 0 Å². The van der Waals surface area contributed by atoms with Gasteiger partial charge >= 0.3 is 5.97 Å². The highest BCUT2D eigenvalue weighted by molar-refractivity contribution is 7.12. The number of benzene rings is 2. The number of carboxylic acids is 1. The van der Waals surface area contributed by atoms with Gasteiger partial charge in [0.25, 0.3) is 5.91 Å². The van der Waals surface area contributed by atoms with Crippen molar-refractivity contribution in [3.05, 3.63) is 68.9 Å². The number of rotatable bonds is 8. The van der Waals surface area contributed by atoms with Gasteiger partial charge in [-0.25, -0.2) is 0 Å². The molecule has 1 aliphatic heterocycles. The monoisotopic (exact) mass is 546 g/mol. The summed E-state index contributed by atoms with van der Waals surface area (Å²) in [6, 6.07) is 14.2. The van der Waals surface area contributed by atoms with Gasteiger partial charge in [-0.05, 0) is 80.3 Å². The van der Waals surface area contributed by atoms with E-state index < -0.39 is 5.97 Å². The highest BCUT2D eigenvalue weighted by Gasteiger charge is 2.29. The zero-order valence-corrected chi connectivity index (χ0v) is 23.4. The molecule has 204 valence electrons. The number of ether oxygens (including phenoxy) is 1.